The number of aryl methyl sites for hydroxylation is 1. The van der Waals surface area contributed by atoms with E-state index >= 15 is 0 Å². The van der Waals surface area contributed by atoms with E-state index in [1.54, 1.807) is 0 Å². The van der Waals surface area contributed by atoms with Crippen molar-refractivity contribution in [1.29, 1.82) is 0 Å². The highest BCUT2D eigenvalue weighted by molar-refractivity contribution is 5.37. The first-order valence-electron chi connectivity index (χ1n) is 6.81. The maximum atomic E-state index is 4.63. The molecule has 4 nitrogen and oxygen atoms in total. The molecule has 0 fully saturated rings. The lowest BCUT2D eigenvalue weighted by Gasteiger charge is -2.08. The van der Waals surface area contributed by atoms with Crippen molar-refractivity contribution >= 4 is 5.82 Å². The van der Waals surface area contributed by atoms with Gasteiger partial charge in [-0.3, -0.25) is 4.98 Å². The Labute approximate surface area is 114 Å². The van der Waals surface area contributed by atoms with E-state index in [1.807, 2.05) is 30.6 Å². The third-order valence-corrected chi connectivity index (χ3v) is 2.79. The second-order valence-electron chi connectivity index (χ2n) is 4.47. The van der Waals surface area contributed by atoms with Gasteiger partial charge in [0.25, 0.3) is 0 Å². The third kappa shape index (κ3) is 4.02. The van der Waals surface area contributed by atoms with Gasteiger partial charge in [0.1, 0.15) is 11.6 Å². The van der Waals surface area contributed by atoms with E-state index in [9.17, 15) is 0 Å². The number of nitrogens with zero attached hydrogens (tertiary/aromatic N) is 3. The summed E-state index contributed by atoms with van der Waals surface area (Å²) in [5.74, 6) is 1.84. The Morgan fingerprint density at radius 3 is 2.58 bits per heavy atom. The molecule has 2 rings (SSSR count). The first kappa shape index (κ1) is 13.5. The zero-order chi connectivity index (χ0) is 13.5. The summed E-state index contributed by atoms with van der Waals surface area (Å²) in [7, 11) is 0. The van der Waals surface area contributed by atoms with Gasteiger partial charge >= 0.3 is 0 Å². The Kier molecular flexibility index (Phi) is 4.84. The largest absolute Gasteiger partial charge is 0.370 e. The molecule has 2 aromatic heterocycles. The summed E-state index contributed by atoms with van der Waals surface area (Å²) in [5, 5.41) is 3.27. The van der Waals surface area contributed by atoms with Crippen molar-refractivity contribution in [3.8, 4) is 0 Å². The van der Waals surface area contributed by atoms with E-state index in [-0.39, 0.29) is 0 Å². The van der Waals surface area contributed by atoms with E-state index in [0.717, 1.165) is 43.1 Å². The molecule has 1 N–H and O–H groups in total. The fourth-order valence-corrected chi connectivity index (χ4v) is 1.96. The highest BCUT2D eigenvalue weighted by Gasteiger charge is 2.05. The van der Waals surface area contributed by atoms with Gasteiger partial charge in [0.05, 0.1) is 5.69 Å². The van der Waals surface area contributed by atoms with E-state index in [2.05, 4.69) is 34.1 Å². The SMILES string of the molecule is CCCc1nc(Cc2ccncc2)cc(NCC)n1. The van der Waals surface area contributed by atoms with Gasteiger partial charge in [-0.1, -0.05) is 6.92 Å². The first-order valence-corrected chi connectivity index (χ1v) is 6.81. The Morgan fingerprint density at radius 2 is 1.89 bits per heavy atom. The number of anilines is 1. The Hall–Kier alpha value is -1.97. The number of pyridine rings is 1. The average molecular weight is 256 g/mol. The molecule has 19 heavy (non-hydrogen) atoms. The van der Waals surface area contributed by atoms with Gasteiger partial charge in [0.2, 0.25) is 0 Å². The molecule has 0 radical (unpaired) electrons. The molecule has 0 aliphatic heterocycles. The second-order valence-corrected chi connectivity index (χ2v) is 4.47. The van der Waals surface area contributed by atoms with E-state index in [0.29, 0.717) is 0 Å². The molecular formula is C15H20N4. The molecule has 0 atom stereocenters. The second kappa shape index (κ2) is 6.83. The maximum absolute atomic E-state index is 4.63. The average Bonchev–Trinajstić information content (AvgIpc) is 2.40. The van der Waals surface area contributed by atoms with Gasteiger partial charge in [-0.05, 0) is 31.0 Å². The van der Waals surface area contributed by atoms with Gasteiger partial charge in [0, 0.05) is 37.8 Å². The van der Waals surface area contributed by atoms with Crippen molar-refractivity contribution in [3.05, 3.63) is 47.7 Å². The molecule has 100 valence electrons. The lowest BCUT2D eigenvalue weighted by molar-refractivity contribution is 0.817. The smallest absolute Gasteiger partial charge is 0.131 e. The van der Waals surface area contributed by atoms with Crippen LogP contribution in [-0.4, -0.2) is 21.5 Å². The molecule has 0 spiro atoms. The maximum Gasteiger partial charge on any atom is 0.131 e. The molecule has 0 saturated carbocycles. The van der Waals surface area contributed by atoms with Crippen molar-refractivity contribution in [2.75, 3.05) is 11.9 Å². The molecule has 2 heterocycles. The predicted molar refractivity (Wildman–Crippen MR) is 77.2 cm³/mol. The lowest BCUT2D eigenvalue weighted by Crippen LogP contribution is -2.06. The molecule has 0 saturated heterocycles. The number of hydrogen-bond acceptors (Lipinski definition) is 4. The fraction of sp³-hybridized carbons (Fsp3) is 0.400. The van der Waals surface area contributed by atoms with Crippen LogP contribution in [0.25, 0.3) is 0 Å². The third-order valence-electron chi connectivity index (χ3n) is 2.79. The van der Waals surface area contributed by atoms with E-state index in [1.165, 1.54) is 5.56 Å². The van der Waals surface area contributed by atoms with E-state index < -0.39 is 0 Å². The van der Waals surface area contributed by atoms with Crippen LogP contribution in [-0.2, 0) is 12.8 Å². The van der Waals surface area contributed by atoms with Crippen LogP contribution in [0.4, 0.5) is 5.82 Å². The van der Waals surface area contributed by atoms with E-state index in [4.69, 9.17) is 0 Å². The van der Waals surface area contributed by atoms with Crippen LogP contribution in [0.5, 0.6) is 0 Å². The fourth-order valence-electron chi connectivity index (χ4n) is 1.96. The van der Waals surface area contributed by atoms with Crippen molar-refractivity contribution in [2.45, 2.75) is 33.1 Å². The quantitative estimate of drug-likeness (QED) is 0.863. The summed E-state index contributed by atoms with van der Waals surface area (Å²) in [6.45, 7) is 5.09. The molecule has 0 amide bonds. The van der Waals surface area contributed by atoms with Gasteiger partial charge < -0.3 is 5.32 Å². The zero-order valence-electron chi connectivity index (χ0n) is 11.6. The Balaban J connectivity index is 2.23. The van der Waals surface area contributed by atoms with Crippen molar-refractivity contribution in [3.63, 3.8) is 0 Å². The number of nitrogens with one attached hydrogen (secondary N) is 1. The number of rotatable bonds is 6. The summed E-state index contributed by atoms with van der Waals surface area (Å²) in [6, 6.07) is 6.08. The van der Waals surface area contributed by atoms with Gasteiger partial charge in [0.15, 0.2) is 0 Å². The standard InChI is InChI=1S/C15H20N4/c1-3-5-14-18-13(11-15(19-14)17-4-2)10-12-6-8-16-9-7-12/h6-9,11H,3-5,10H2,1-2H3,(H,17,18,19). The Bertz CT molecular complexity index is 487. The molecule has 0 aromatic carbocycles. The van der Waals surface area contributed by atoms with Crippen LogP contribution < -0.4 is 5.32 Å². The molecule has 2 aromatic rings. The minimum Gasteiger partial charge on any atom is -0.370 e. The predicted octanol–water partition coefficient (Wildman–Crippen LogP) is 2.85. The summed E-state index contributed by atoms with van der Waals surface area (Å²) >= 11 is 0. The van der Waals surface area contributed by atoms with Crippen molar-refractivity contribution in [2.24, 2.45) is 0 Å². The molecule has 4 heteroatoms. The summed E-state index contributed by atoms with van der Waals surface area (Å²) in [6.07, 6.45) is 6.43. The highest BCUT2D eigenvalue weighted by Crippen LogP contribution is 2.12. The van der Waals surface area contributed by atoms with Gasteiger partial charge in [-0.15, -0.1) is 0 Å². The molecular weight excluding hydrogens is 236 g/mol. The minimum atomic E-state index is 0.820. The van der Waals surface area contributed by atoms with Crippen LogP contribution >= 0.6 is 0 Å². The number of hydrogen-bond donors (Lipinski definition) is 1. The molecule has 0 unspecified atom stereocenters. The monoisotopic (exact) mass is 256 g/mol. The van der Waals surface area contributed by atoms with Crippen LogP contribution in [0.3, 0.4) is 0 Å². The van der Waals surface area contributed by atoms with Crippen LogP contribution in [0.1, 0.15) is 37.4 Å². The normalized spacial score (nSPS) is 10.4. The van der Waals surface area contributed by atoms with Crippen molar-refractivity contribution < 1.29 is 0 Å². The lowest BCUT2D eigenvalue weighted by atomic mass is 10.1. The topological polar surface area (TPSA) is 50.7 Å². The van der Waals surface area contributed by atoms with Crippen LogP contribution in [0, 0.1) is 0 Å². The summed E-state index contributed by atoms with van der Waals surface area (Å²) in [4.78, 5) is 13.2. The summed E-state index contributed by atoms with van der Waals surface area (Å²) < 4.78 is 0. The van der Waals surface area contributed by atoms with Gasteiger partial charge in [-0.2, -0.15) is 0 Å². The minimum absolute atomic E-state index is 0.820. The zero-order valence-corrected chi connectivity index (χ0v) is 11.6. The highest BCUT2D eigenvalue weighted by atomic mass is 15.0. The Morgan fingerprint density at radius 1 is 1.11 bits per heavy atom. The molecule has 0 aliphatic rings. The first-order chi connectivity index (χ1) is 9.31. The molecule has 0 aliphatic carbocycles. The van der Waals surface area contributed by atoms with Crippen LogP contribution in [0.2, 0.25) is 0 Å². The molecule has 0 bridgehead atoms. The number of aromatic nitrogens is 3. The van der Waals surface area contributed by atoms with Crippen LogP contribution in [0.15, 0.2) is 30.6 Å². The summed E-state index contributed by atoms with van der Waals surface area (Å²) in [5.41, 5.74) is 2.28. The van der Waals surface area contributed by atoms with Gasteiger partial charge in [-0.25, -0.2) is 9.97 Å². The van der Waals surface area contributed by atoms with Crippen molar-refractivity contribution in [1.82, 2.24) is 15.0 Å².